The number of aromatic nitrogens is 3. The van der Waals surface area contributed by atoms with E-state index < -0.39 is 0 Å². The lowest BCUT2D eigenvalue weighted by molar-refractivity contribution is -0.00947. The summed E-state index contributed by atoms with van der Waals surface area (Å²) in [7, 11) is 0. The monoisotopic (exact) mass is 334 g/mol. The van der Waals surface area contributed by atoms with Gasteiger partial charge in [0.25, 0.3) is 5.91 Å². The van der Waals surface area contributed by atoms with E-state index in [2.05, 4.69) is 15.4 Å². The van der Waals surface area contributed by atoms with Gasteiger partial charge in [-0.2, -0.15) is 5.10 Å². The first kappa shape index (κ1) is 16.1. The maximum absolute atomic E-state index is 12.6. The molecule has 1 fully saturated rings. The Hall–Kier alpha value is -1.73. The summed E-state index contributed by atoms with van der Waals surface area (Å²) < 4.78 is 7.81. The Balaban J connectivity index is 1.75. The van der Waals surface area contributed by atoms with Gasteiger partial charge in [0.2, 0.25) is 0 Å². The summed E-state index contributed by atoms with van der Waals surface area (Å²) in [6.07, 6.45) is 6.33. The molecular formula is C16H22N4O2S. The summed E-state index contributed by atoms with van der Waals surface area (Å²) in [5, 5.41) is 7.46. The van der Waals surface area contributed by atoms with E-state index in [1.165, 1.54) is 11.3 Å². The average molecular weight is 334 g/mol. The van der Waals surface area contributed by atoms with Crippen LogP contribution in [-0.4, -0.2) is 33.3 Å². The lowest BCUT2D eigenvalue weighted by atomic mass is 9.98. The molecule has 2 atom stereocenters. The van der Waals surface area contributed by atoms with E-state index in [9.17, 15) is 4.79 Å². The van der Waals surface area contributed by atoms with E-state index in [1.807, 2.05) is 30.9 Å². The molecule has 1 aliphatic rings. The normalized spacial score (nSPS) is 21.3. The number of carbonyl (C=O) groups excluding carboxylic acids is 1. The van der Waals surface area contributed by atoms with Gasteiger partial charge in [-0.25, -0.2) is 4.98 Å². The predicted octanol–water partition coefficient (Wildman–Crippen LogP) is 2.57. The van der Waals surface area contributed by atoms with Crippen molar-refractivity contribution in [2.75, 3.05) is 6.61 Å². The number of nitrogens with zero attached hydrogens (tertiary/aromatic N) is 3. The number of nitrogens with one attached hydrogen (secondary N) is 1. The van der Waals surface area contributed by atoms with Gasteiger partial charge in [0, 0.05) is 24.9 Å². The molecule has 1 amide bonds. The molecule has 3 rings (SSSR count). The first-order valence-corrected chi connectivity index (χ1v) is 8.98. The number of carbonyl (C=O) groups is 1. The second kappa shape index (κ2) is 7.23. The van der Waals surface area contributed by atoms with Gasteiger partial charge in [-0.15, -0.1) is 11.3 Å². The van der Waals surface area contributed by atoms with Gasteiger partial charge >= 0.3 is 0 Å². The fraction of sp³-hybridized carbons (Fsp3) is 0.562. The molecule has 2 aromatic rings. The van der Waals surface area contributed by atoms with Crippen molar-refractivity contribution in [3.05, 3.63) is 34.0 Å². The molecular weight excluding hydrogens is 312 g/mol. The Kier molecular flexibility index (Phi) is 5.07. The number of ether oxygens (including phenoxy) is 1. The molecule has 0 radical (unpaired) electrons. The van der Waals surface area contributed by atoms with Crippen LogP contribution < -0.4 is 5.32 Å². The van der Waals surface area contributed by atoms with Gasteiger partial charge in [-0.3, -0.25) is 9.48 Å². The molecule has 0 spiro atoms. The molecule has 23 heavy (non-hydrogen) atoms. The lowest BCUT2D eigenvalue weighted by Crippen LogP contribution is -2.42. The molecule has 1 N–H and O–H groups in total. The van der Waals surface area contributed by atoms with E-state index >= 15 is 0 Å². The molecule has 7 heteroatoms. The average Bonchev–Trinajstić information content (AvgIpc) is 3.24. The molecule has 0 aromatic carbocycles. The Bertz CT molecular complexity index is 667. The summed E-state index contributed by atoms with van der Waals surface area (Å²) in [6, 6.07) is -0.0300. The number of thiazole rings is 1. The highest BCUT2D eigenvalue weighted by Crippen LogP contribution is 2.29. The Morgan fingerprint density at radius 3 is 3.13 bits per heavy atom. The van der Waals surface area contributed by atoms with Crippen LogP contribution in [-0.2, 0) is 17.7 Å². The van der Waals surface area contributed by atoms with Crippen molar-refractivity contribution in [2.45, 2.75) is 51.8 Å². The highest BCUT2D eigenvalue weighted by molar-refractivity contribution is 7.11. The summed E-state index contributed by atoms with van der Waals surface area (Å²) in [5.74, 6) is -0.0484. The van der Waals surface area contributed by atoms with Crippen LogP contribution in [0.25, 0.3) is 0 Å². The second-order valence-electron chi connectivity index (χ2n) is 5.62. The van der Waals surface area contributed by atoms with Gasteiger partial charge < -0.3 is 10.1 Å². The van der Waals surface area contributed by atoms with Crippen LogP contribution in [0, 0.1) is 0 Å². The Morgan fingerprint density at radius 2 is 2.39 bits per heavy atom. The van der Waals surface area contributed by atoms with Gasteiger partial charge in [0.1, 0.15) is 11.0 Å². The molecule has 1 saturated heterocycles. The summed E-state index contributed by atoms with van der Waals surface area (Å²) in [6.45, 7) is 5.60. The second-order valence-corrected chi connectivity index (χ2v) is 6.48. The quantitative estimate of drug-likeness (QED) is 0.912. The zero-order valence-corrected chi connectivity index (χ0v) is 14.3. The molecule has 0 bridgehead atoms. The summed E-state index contributed by atoms with van der Waals surface area (Å²) in [4.78, 5) is 17.5. The standard InChI is InChI=1S/C16H22N4O2S/c1-3-12-15(23-10-17-12)16(21)19-13-6-5-7-22-14(13)11-8-18-20(4-2)9-11/h8-10,13-14H,3-7H2,1-2H3,(H,19,21)/t13-,14+/m0/s1. The molecule has 124 valence electrons. The van der Waals surface area contributed by atoms with Crippen molar-refractivity contribution in [3.8, 4) is 0 Å². The molecule has 0 aliphatic carbocycles. The van der Waals surface area contributed by atoms with Gasteiger partial charge in [0.05, 0.1) is 23.4 Å². The Labute approximate surface area is 139 Å². The van der Waals surface area contributed by atoms with Crippen molar-refractivity contribution >= 4 is 17.2 Å². The van der Waals surface area contributed by atoms with Crippen molar-refractivity contribution < 1.29 is 9.53 Å². The molecule has 2 aromatic heterocycles. The van der Waals surface area contributed by atoms with Crippen molar-refractivity contribution in [2.24, 2.45) is 0 Å². The topological polar surface area (TPSA) is 69.0 Å². The third-order valence-electron chi connectivity index (χ3n) is 4.13. The highest BCUT2D eigenvalue weighted by atomic mass is 32.1. The third-order valence-corrected chi connectivity index (χ3v) is 4.99. The van der Waals surface area contributed by atoms with Gasteiger partial charge in [0.15, 0.2) is 0 Å². The largest absolute Gasteiger partial charge is 0.371 e. The number of hydrogen-bond acceptors (Lipinski definition) is 5. The van der Waals surface area contributed by atoms with Crippen molar-refractivity contribution in [1.29, 1.82) is 0 Å². The lowest BCUT2D eigenvalue weighted by Gasteiger charge is -2.31. The number of hydrogen-bond donors (Lipinski definition) is 1. The zero-order valence-electron chi connectivity index (χ0n) is 13.5. The smallest absolute Gasteiger partial charge is 0.263 e. The molecule has 0 unspecified atom stereocenters. The van der Waals surface area contributed by atoms with Crippen LogP contribution >= 0.6 is 11.3 Å². The minimum absolute atomic E-state index is 0.0300. The molecule has 3 heterocycles. The summed E-state index contributed by atoms with van der Waals surface area (Å²) >= 11 is 1.40. The number of amides is 1. The van der Waals surface area contributed by atoms with E-state index in [4.69, 9.17) is 4.74 Å². The maximum Gasteiger partial charge on any atom is 0.263 e. The van der Waals surface area contributed by atoms with Crippen LogP contribution in [0.3, 0.4) is 0 Å². The van der Waals surface area contributed by atoms with E-state index in [0.29, 0.717) is 4.88 Å². The first-order chi connectivity index (χ1) is 11.2. The first-order valence-electron chi connectivity index (χ1n) is 8.10. The van der Waals surface area contributed by atoms with Crippen LogP contribution in [0.5, 0.6) is 0 Å². The maximum atomic E-state index is 12.6. The van der Waals surface area contributed by atoms with E-state index in [0.717, 1.165) is 43.7 Å². The van der Waals surface area contributed by atoms with Crippen molar-refractivity contribution in [3.63, 3.8) is 0 Å². The fourth-order valence-electron chi connectivity index (χ4n) is 2.90. The predicted molar refractivity (Wildman–Crippen MR) is 88.6 cm³/mol. The van der Waals surface area contributed by atoms with E-state index in [-0.39, 0.29) is 18.1 Å². The van der Waals surface area contributed by atoms with Gasteiger partial charge in [-0.05, 0) is 26.2 Å². The highest BCUT2D eigenvalue weighted by Gasteiger charge is 2.30. The molecule has 1 aliphatic heterocycles. The van der Waals surface area contributed by atoms with Crippen LogP contribution in [0.2, 0.25) is 0 Å². The summed E-state index contributed by atoms with van der Waals surface area (Å²) in [5.41, 5.74) is 3.62. The SMILES string of the molecule is CCc1ncsc1C(=O)N[C@H]1CCCO[C@@H]1c1cnn(CC)c1. The van der Waals surface area contributed by atoms with Crippen LogP contribution in [0.1, 0.15) is 53.7 Å². The van der Waals surface area contributed by atoms with Crippen LogP contribution in [0.15, 0.2) is 17.9 Å². The fourth-order valence-corrected chi connectivity index (χ4v) is 3.68. The van der Waals surface area contributed by atoms with Crippen molar-refractivity contribution in [1.82, 2.24) is 20.1 Å². The Morgan fingerprint density at radius 1 is 1.52 bits per heavy atom. The van der Waals surface area contributed by atoms with Gasteiger partial charge in [-0.1, -0.05) is 6.92 Å². The third kappa shape index (κ3) is 3.45. The number of aryl methyl sites for hydroxylation is 2. The molecule has 6 nitrogen and oxygen atoms in total. The number of rotatable bonds is 5. The van der Waals surface area contributed by atoms with E-state index in [1.54, 1.807) is 5.51 Å². The minimum Gasteiger partial charge on any atom is -0.371 e. The van der Waals surface area contributed by atoms with Crippen LogP contribution in [0.4, 0.5) is 0 Å². The minimum atomic E-state index is -0.133. The zero-order chi connectivity index (χ0) is 16.2. The molecule has 0 saturated carbocycles.